The van der Waals surface area contributed by atoms with Crippen LogP contribution in [0.4, 0.5) is 10.1 Å². The summed E-state index contributed by atoms with van der Waals surface area (Å²) in [6.07, 6.45) is -0.820. The highest BCUT2D eigenvalue weighted by Gasteiger charge is 2.17. The van der Waals surface area contributed by atoms with Gasteiger partial charge in [0, 0.05) is 11.8 Å². The van der Waals surface area contributed by atoms with Gasteiger partial charge >= 0.3 is 0 Å². The minimum absolute atomic E-state index is 0.126. The molecule has 31 heavy (non-hydrogen) atoms. The SMILES string of the molecule is Cc1oc2cc(O[C@H](C)C(=O)Nc3ccc(F)cc3)ccc2c(=O)c1-c1ccccc1. The lowest BCUT2D eigenvalue weighted by Gasteiger charge is -2.15. The predicted molar refractivity (Wildman–Crippen MR) is 118 cm³/mol. The van der Waals surface area contributed by atoms with Crippen LogP contribution in [-0.2, 0) is 4.79 Å². The van der Waals surface area contributed by atoms with E-state index >= 15 is 0 Å². The average Bonchev–Trinajstić information content (AvgIpc) is 2.76. The lowest BCUT2D eigenvalue weighted by Crippen LogP contribution is -2.30. The van der Waals surface area contributed by atoms with Crippen LogP contribution in [0.1, 0.15) is 12.7 Å². The van der Waals surface area contributed by atoms with Crippen LogP contribution in [0.3, 0.4) is 0 Å². The number of ether oxygens (including phenoxy) is 1. The van der Waals surface area contributed by atoms with Gasteiger partial charge in [0.25, 0.3) is 5.91 Å². The molecule has 0 aliphatic rings. The van der Waals surface area contributed by atoms with Crippen molar-refractivity contribution in [3.8, 4) is 16.9 Å². The smallest absolute Gasteiger partial charge is 0.265 e. The van der Waals surface area contributed by atoms with Gasteiger partial charge in [-0.1, -0.05) is 30.3 Å². The van der Waals surface area contributed by atoms with Gasteiger partial charge in [0.2, 0.25) is 5.43 Å². The maximum absolute atomic E-state index is 13.0. The van der Waals surface area contributed by atoms with Gasteiger partial charge in [-0.2, -0.15) is 0 Å². The van der Waals surface area contributed by atoms with Gasteiger partial charge in [-0.05, 0) is 55.8 Å². The van der Waals surface area contributed by atoms with E-state index in [4.69, 9.17) is 9.15 Å². The number of halogens is 1. The maximum Gasteiger partial charge on any atom is 0.265 e. The molecule has 0 aliphatic carbocycles. The van der Waals surface area contributed by atoms with Crippen LogP contribution in [0.25, 0.3) is 22.1 Å². The molecule has 1 heterocycles. The molecule has 6 heteroatoms. The van der Waals surface area contributed by atoms with Crippen molar-refractivity contribution in [2.75, 3.05) is 5.32 Å². The molecule has 0 saturated carbocycles. The monoisotopic (exact) mass is 417 g/mol. The van der Waals surface area contributed by atoms with Gasteiger partial charge in [0.1, 0.15) is 22.9 Å². The van der Waals surface area contributed by atoms with E-state index in [1.54, 1.807) is 32.0 Å². The van der Waals surface area contributed by atoms with E-state index in [1.165, 1.54) is 24.3 Å². The lowest BCUT2D eigenvalue weighted by atomic mass is 10.0. The quantitative estimate of drug-likeness (QED) is 0.478. The Bertz CT molecular complexity index is 1300. The summed E-state index contributed by atoms with van der Waals surface area (Å²) in [6, 6.07) is 19.7. The highest BCUT2D eigenvalue weighted by atomic mass is 19.1. The number of hydrogen-bond donors (Lipinski definition) is 1. The molecule has 4 rings (SSSR count). The first kappa shape index (κ1) is 20.3. The molecule has 1 amide bonds. The van der Waals surface area contributed by atoms with E-state index in [0.29, 0.717) is 33.7 Å². The number of amides is 1. The molecule has 0 saturated heterocycles. The van der Waals surface area contributed by atoms with Crippen molar-refractivity contribution in [3.05, 3.63) is 94.6 Å². The van der Waals surface area contributed by atoms with E-state index < -0.39 is 6.10 Å². The molecule has 0 unspecified atom stereocenters. The van der Waals surface area contributed by atoms with Crippen LogP contribution in [0.2, 0.25) is 0 Å². The number of benzene rings is 3. The van der Waals surface area contributed by atoms with Crippen molar-refractivity contribution in [2.24, 2.45) is 0 Å². The molecule has 0 spiro atoms. The summed E-state index contributed by atoms with van der Waals surface area (Å²) in [4.78, 5) is 25.4. The molecule has 156 valence electrons. The third-order valence-electron chi connectivity index (χ3n) is 4.90. The zero-order valence-corrected chi connectivity index (χ0v) is 17.0. The highest BCUT2D eigenvalue weighted by molar-refractivity contribution is 5.94. The Morgan fingerprint density at radius 2 is 1.74 bits per heavy atom. The lowest BCUT2D eigenvalue weighted by molar-refractivity contribution is -0.122. The number of carbonyl (C=O) groups excluding carboxylic acids is 1. The van der Waals surface area contributed by atoms with Crippen molar-refractivity contribution in [1.29, 1.82) is 0 Å². The molecule has 1 atom stereocenters. The average molecular weight is 417 g/mol. The zero-order chi connectivity index (χ0) is 22.0. The molecule has 1 aromatic heterocycles. The summed E-state index contributed by atoms with van der Waals surface area (Å²) in [5.41, 5.74) is 2.04. The van der Waals surface area contributed by atoms with E-state index in [2.05, 4.69) is 5.32 Å². The second-order valence-electron chi connectivity index (χ2n) is 7.14. The zero-order valence-electron chi connectivity index (χ0n) is 17.0. The number of aryl methyl sites for hydroxylation is 1. The minimum Gasteiger partial charge on any atom is -0.481 e. The third kappa shape index (κ3) is 4.33. The Kier molecular flexibility index (Phi) is 5.54. The highest BCUT2D eigenvalue weighted by Crippen LogP contribution is 2.26. The van der Waals surface area contributed by atoms with Gasteiger partial charge in [-0.3, -0.25) is 9.59 Å². The fourth-order valence-electron chi connectivity index (χ4n) is 3.33. The second kappa shape index (κ2) is 8.44. The summed E-state index contributed by atoms with van der Waals surface area (Å²) < 4.78 is 24.6. The molecule has 5 nitrogen and oxygen atoms in total. The van der Waals surface area contributed by atoms with Crippen molar-refractivity contribution in [1.82, 2.24) is 0 Å². The molecule has 4 aromatic rings. The van der Waals surface area contributed by atoms with Crippen molar-refractivity contribution in [3.63, 3.8) is 0 Å². The molecule has 0 fully saturated rings. The molecule has 0 bridgehead atoms. The first-order valence-electron chi connectivity index (χ1n) is 9.78. The fraction of sp³-hybridized carbons (Fsp3) is 0.120. The Hall–Kier alpha value is -3.93. The number of carbonyl (C=O) groups is 1. The van der Waals surface area contributed by atoms with E-state index in [1.807, 2.05) is 30.3 Å². The minimum atomic E-state index is -0.820. The summed E-state index contributed by atoms with van der Waals surface area (Å²) in [6.45, 7) is 3.35. The van der Waals surface area contributed by atoms with Crippen LogP contribution in [0.5, 0.6) is 5.75 Å². The van der Waals surface area contributed by atoms with Crippen LogP contribution >= 0.6 is 0 Å². The Morgan fingerprint density at radius 1 is 1.03 bits per heavy atom. The van der Waals surface area contributed by atoms with Crippen LogP contribution in [0, 0.1) is 12.7 Å². The largest absolute Gasteiger partial charge is 0.481 e. The molecular formula is C25H20FNO4. The number of hydrogen-bond acceptors (Lipinski definition) is 4. The van der Waals surface area contributed by atoms with E-state index in [9.17, 15) is 14.0 Å². The Morgan fingerprint density at radius 3 is 2.45 bits per heavy atom. The Balaban J connectivity index is 1.57. The first-order valence-corrected chi connectivity index (χ1v) is 9.78. The summed E-state index contributed by atoms with van der Waals surface area (Å²) in [7, 11) is 0. The summed E-state index contributed by atoms with van der Waals surface area (Å²) >= 11 is 0. The second-order valence-corrected chi connectivity index (χ2v) is 7.14. The van der Waals surface area contributed by atoms with Crippen molar-refractivity contribution >= 4 is 22.6 Å². The van der Waals surface area contributed by atoms with Crippen molar-refractivity contribution < 1.29 is 18.3 Å². The third-order valence-corrected chi connectivity index (χ3v) is 4.90. The molecular weight excluding hydrogens is 397 g/mol. The number of rotatable bonds is 5. The van der Waals surface area contributed by atoms with Gasteiger partial charge in [-0.15, -0.1) is 0 Å². The van der Waals surface area contributed by atoms with E-state index in [-0.39, 0.29) is 17.2 Å². The number of nitrogens with one attached hydrogen (secondary N) is 1. The van der Waals surface area contributed by atoms with Gasteiger partial charge in [0.05, 0.1) is 10.9 Å². The van der Waals surface area contributed by atoms with Gasteiger partial charge in [-0.25, -0.2) is 4.39 Å². The predicted octanol–water partition coefficient (Wildman–Crippen LogP) is 5.31. The Labute approximate surface area is 178 Å². The number of fused-ring (bicyclic) bond motifs is 1. The summed E-state index contributed by atoms with van der Waals surface area (Å²) in [5.74, 6) is 0.127. The first-order chi connectivity index (χ1) is 14.9. The maximum atomic E-state index is 13.0. The van der Waals surface area contributed by atoms with Crippen LogP contribution in [-0.4, -0.2) is 12.0 Å². The molecule has 0 aliphatic heterocycles. The molecule has 1 N–H and O–H groups in total. The summed E-state index contributed by atoms with van der Waals surface area (Å²) in [5, 5.41) is 3.10. The molecule has 0 radical (unpaired) electrons. The van der Waals surface area contributed by atoms with Crippen LogP contribution < -0.4 is 15.5 Å². The fourth-order valence-corrected chi connectivity index (χ4v) is 3.33. The van der Waals surface area contributed by atoms with Crippen LogP contribution in [0.15, 0.2) is 82.0 Å². The number of anilines is 1. The standard InChI is InChI=1S/C25H20FNO4/c1-15-23(17-6-4-3-5-7-17)24(28)21-13-12-20(14-22(21)31-15)30-16(2)25(29)27-19-10-8-18(26)9-11-19/h3-14,16H,1-2H3,(H,27,29)/t16-/m1/s1. The normalized spacial score (nSPS) is 11.8. The van der Waals surface area contributed by atoms with Gasteiger partial charge < -0.3 is 14.5 Å². The van der Waals surface area contributed by atoms with Gasteiger partial charge in [0.15, 0.2) is 6.10 Å². The van der Waals surface area contributed by atoms with E-state index in [0.717, 1.165) is 5.56 Å². The van der Waals surface area contributed by atoms with Crippen molar-refractivity contribution in [2.45, 2.75) is 20.0 Å². The molecule has 3 aromatic carbocycles. The topological polar surface area (TPSA) is 68.5 Å².